The molecule has 0 spiro atoms. The summed E-state index contributed by atoms with van der Waals surface area (Å²) in [7, 11) is 4.35. The van der Waals surface area contributed by atoms with Crippen LogP contribution in [0.5, 0.6) is 17.2 Å². The highest BCUT2D eigenvalue weighted by Crippen LogP contribution is 2.42. The molecule has 1 aromatic heterocycles. The van der Waals surface area contributed by atoms with Crippen LogP contribution in [0.15, 0.2) is 36.4 Å². The number of phenols is 1. The Balaban J connectivity index is 1.90. The molecule has 2 aromatic carbocycles. The minimum Gasteiger partial charge on any atom is -0.502 e. The van der Waals surface area contributed by atoms with E-state index in [2.05, 4.69) is 10.3 Å². The van der Waals surface area contributed by atoms with Crippen LogP contribution in [0.25, 0.3) is 10.9 Å². The molecule has 3 N–H and O–H groups in total. The van der Waals surface area contributed by atoms with Crippen molar-refractivity contribution in [3.05, 3.63) is 53.2 Å². The number of benzene rings is 2. The van der Waals surface area contributed by atoms with Crippen LogP contribution in [0.3, 0.4) is 0 Å². The Morgan fingerprint density at radius 3 is 2.43 bits per heavy atom. The summed E-state index contributed by atoms with van der Waals surface area (Å²) in [6.45, 7) is 0. The molecular formula is C21H22N2O5. The van der Waals surface area contributed by atoms with Gasteiger partial charge in [0, 0.05) is 23.0 Å². The first-order valence-electron chi connectivity index (χ1n) is 8.95. The lowest BCUT2D eigenvalue weighted by atomic mass is 9.90. The summed E-state index contributed by atoms with van der Waals surface area (Å²) in [4.78, 5) is 15.8. The molecule has 28 heavy (non-hydrogen) atoms. The first-order valence-corrected chi connectivity index (χ1v) is 8.95. The van der Waals surface area contributed by atoms with Gasteiger partial charge in [0.25, 0.3) is 0 Å². The van der Waals surface area contributed by atoms with E-state index in [0.29, 0.717) is 17.9 Å². The third kappa shape index (κ3) is 2.84. The van der Waals surface area contributed by atoms with Crippen LogP contribution in [0.2, 0.25) is 0 Å². The molecule has 146 valence electrons. The lowest BCUT2D eigenvalue weighted by molar-refractivity contribution is -0.143. The Hall–Kier alpha value is -3.19. The molecule has 0 aliphatic carbocycles. The molecule has 1 aliphatic heterocycles. The number of nitrogens with one attached hydrogen (secondary N) is 2. The van der Waals surface area contributed by atoms with E-state index in [0.717, 1.165) is 27.7 Å². The van der Waals surface area contributed by atoms with E-state index in [1.165, 1.54) is 21.3 Å². The van der Waals surface area contributed by atoms with E-state index in [9.17, 15) is 9.90 Å². The fourth-order valence-electron chi connectivity index (χ4n) is 3.87. The molecule has 2 atom stereocenters. The van der Waals surface area contributed by atoms with Gasteiger partial charge in [-0.1, -0.05) is 18.2 Å². The number of hydrogen-bond acceptors (Lipinski definition) is 6. The van der Waals surface area contributed by atoms with Gasteiger partial charge in [-0.2, -0.15) is 0 Å². The number of aromatic hydroxyl groups is 1. The molecule has 1 aliphatic rings. The summed E-state index contributed by atoms with van der Waals surface area (Å²) >= 11 is 0. The van der Waals surface area contributed by atoms with Crippen molar-refractivity contribution in [1.29, 1.82) is 0 Å². The van der Waals surface area contributed by atoms with Crippen molar-refractivity contribution < 1.29 is 24.1 Å². The maximum atomic E-state index is 12.3. The largest absolute Gasteiger partial charge is 0.502 e. The summed E-state index contributed by atoms with van der Waals surface area (Å²) in [6, 6.07) is 10.7. The number of para-hydroxylation sites is 1. The molecule has 0 fully saturated rings. The highest BCUT2D eigenvalue weighted by molar-refractivity contribution is 5.87. The quantitative estimate of drug-likeness (QED) is 0.601. The number of hydrogen-bond donors (Lipinski definition) is 3. The zero-order valence-corrected chi connectivity index (χ0v) is 15.9. The fourth-order valence-corrected chi connectivity index (χ4v) is 3.87. The number of H-pyrrole nitrogens is 1. The number of phenolic OH excluding ortho intramolecular Hbond substituents is 1. The number of carbonyl (C=O) groups excluding carboxylic acids is 1. The lowest BCUT2D eigenvalue weighted by Crippen LogP contribution is -2.45. The predicted molar refractivity (Wildman–Crippen MR) is 104 cm³/mol. The number of fused-ring (bicyclic) bond motifs is 3. The van der Waals surface area contributed by atoms with Gasteiger partial charge in [0.2, 0.25) is 5.75 Å². The number of aromatic amines is 1. The number of ether oxygens (including phenoxy) is 3. The monoisotopic (exact) mass is 382 g/mol. The average molecular weight is 382 g/mol. The Morgan fingerprint density at radius 2 is 1.79 bits per heavy atom. The Bertz CT molecular complexity index is 1020. The highest BCUT2D eigenvalue weighted by Gasteiger charge is 2.35. The molecule has 0 radical (unpaired) electrons. The van der Waals surface area contributed by atoms with Crippen molar-refractivity contribution in [3.63, 3.8) is 0 Å². The van der Waals surface area contributed by atoms with Gasteiger partial charge in [-0.15, -0.1) is 0 Å². The molecule has 4 rings (SSSR count). The molecule has 1 unspecified atom stereocenters. The molecule has 0 saturated carbocycles. The molecule has 7 nitrogen and oxygen atoms in total. The topological polar surface area (TPSA) is 92.8 Å². The van der Waals surface area contributed by atoms with Gasteiger partial charge < -0.3 is 24.3 Å². The van der Waals surface area contributed by atoms with Crippen LogP contribution < -0.4 is 14.8 Å². The van der Waals surface area contributed by atoms with Crippen molar-refractivity contribution in [3.8, 4) is 17.2 Å². The van der Waals surface area contributed by atoms with Crippen LogP contribution >= 0.6 is 0 Å². The first-order chi connectivity index (χ1) is 13.6. The van der Waals surface area contributed by atoms with Gasteiger partial charge in [-0.3, -0.25) is 10.1 Å². The molecule has 0 saturated heterocycles. The van der Waals surface area contributed by atoms with Crippen molar-refractivity contribution in [2.24, 2.45) is 0 Å². The summed E-state index contributed by atoms with van der Waals surface area (Å²) in [6.07, 6.45) is 0.523. The summed E-state index contributed by atoms with van der Waals surface area (Å²) in [5.41, 5.74) is 3.84. The van der Waals surface area contributed by atoms with Gasteiger partial charge in [-0.25, -0.2) is 0 Å². The number of aromatic nitrogens is 1. The van der Waals surface area contributed by atoms with E-state index in [1.807, 2.05) is 24.3 Å². The van der Waals surface area contributed by atoms with Gasteiger partial charge in [-0.05, 0) is 29.3 Å². The van der Waals surface area contributed by atoms with E-state index in [1.54, 1.807) is 12.1 Å². The Kier molecular flexibility index (Phi) is 4.60. The maximum absolute atomic E-state index is 12.3. The van der Waals surface area contributed by atoms with E-state index in [4.69, 9.17) is 14.2 Å². The third-order valence-electron chi connectivity index (χ3n) is 5.23. The number of carbonyl (C=O) groups is 1. The molecule has 3 aromatic rings. The van der Waals surface area contributed by atoms with Gasteiger partial charge in [0.05, 0.1) is 27.4 Å². The van der Waals surface area contributed by atoms with Crippen molar-refractivity contribution >= 4 is 16.9 Å². The number of rotatable bonds is 4. The Morgan fingerprint density at radius 1 is 1.11 bits per heavy atom. The number of methoxy groups -OCH3 is 3. The second kappa shape index (κ2) is 7.09. The van der Waals surface area contributed by atoms with Crippen molar-refractivity contribution in [2.45, 2.75) is 18.5 Å². The van der Waals surface area contributed by atoms with Crippen LogP contribution in [-0.2, 0) is 16.0 Å². The van der Waals surface area contributed by atoms with E-state index >= 15 is 0 Å². The Labute approximate surface area is 162 Å². The molecule has 7 heteroatoms. The average Bonchev–Trinajstić information content (AvgIpc) is 3.11. The minimum atomic E-state index is -0.493. The number of esters is 1. The first kappa shape index (κ1) is 18.2. The summed E-state index contributed by atoms with van der Waals surface area (Å²) < 4.78 is 15.6. The van der Waals surface area contributed by atoms with E-state index < -0.39 is 6.04 Å². The molecule has 0 bridgehead atoms. The highest BCUT2D eigenvalue weighted by atomic mass is 16.5. The second-order valence-electron chi connectivity index (χ2n) is 6.72. The SMILES string of the molecule is COC(=O)[C@@H]1Cc2c([nH]c3ccccc23)C(c2cc(OC)c(O)c(OC)c2)N1. The molecule has 2 heterocycles. The van der Waals surface area contributed by atoms with Crippen LogP contribution in [-0.4, -0.2) is 43.4 Å². The zero-order chi connectivity index (χ0) is 19.8. The van der Waals surface area contributed by atoms with Crippen molar-refractivity contribution in [2.75, 3.05) is 21.3 Å². The van der Waals surface area contributed by atoms with Gasteiger partial charge >= 0.3 is 5.97 Å². The van der Waals surface area contributed by atoms with Gasteiger partial charge in [0.15, 0.2) is 11.5 Å². The minimum absolute atomic E-state index is 0.0639. The van der Waals surface area contributed by atoms with Gasteiger partial charge in [0.1, 0.15) is 6.04 Å². The normalized spacial score (nSPS) is 18.5. The van der Waals surface area contributed by atoms with Crippen LogP contribution in [0, 0.1) is 0 Å². The molecule has 0 amide bonds. The second-order valence-corrected chi connectivity index (χ2v) is 6.72. The van der Waals surface area contributed by atoms with E-state index in [-0.39, 0.29) is 17.8 Å². The third-order valence-corrected chi connectivity index (χ3v) is 5.23. The fraction of sp³-hybridized carbons (Fsp3) is 0.286. The van der Waals surface area contributed by atoms with Crippen LogP contribution in [0.4, 0.5) is 0 Å². The maximum Gasteiger partial charge on any atom is 0.323 e. The summed E-state index contributed by atoms with van der Waals surface area (Å²) in [5.74, 6) is 0.215. The van der Waals surface area contributed by atoms with Crippen LogP contribution in [0.1, 0.15) is 22.9 Å². The molecular weight excluding hydrogens is 360 g/mol. The standard InChI is InChI=1S/C21H22N2O5/c1-26-16-8-11(9-17(27-2)20(16)24)18-19-13(10-15(23-18)21(25)28-3)12-6-4-5-7-14(12)22-19/h4-9,15,18,22-24H,10H2,1-3H3/t15-,18?/m0/s1. The zero-order valence-electron chi connectivity index (χ0n) is 15.9. The smallest absolute Gasteiger partial charge is 0.323 e. The summed E-state index contributed by atoms with van der Waals surface area (Å²) in [5, 5.41) is 14.7. The predicted octanol–water partition coefficient (Wildman–Crippen LogP) is 2.67. The van der Waals surface area contributed by atoms with Crippen molar-refractivity contribution in [1.82, 2.24) is 10.3 Å². The lowest BCUT2D eigenvalue weighted by Gasteiger charge is -2.30.